The highest BCUT2D eigenvalue weighted by atomic mass is 35.5. The van der Waals surface area contributed by atoms with E-state index in [2.05, 4.69) is 5.32 Å². The number of nitrogens with one attached hydrogen (secondary N) is 1. The van der Waals surface area contributed by atoms with Gasteiger partial charge in [-0.2, -0.15) is 0 Å². The van der Waals surface area contributed by atoms with Crippen LogP contribution in [-0.4, -0.2) is 45.9 Å². The zero-order valence-corrected chi connectivity index (χ0v) is 21.0. The van der Waals surface area contributed by atoms with Crippen molar-refractivity contribution in [2.75, 3.05) is 40.3 Å². The molecule has 0 saturated carbocycles. The highest BCUT2D eigenvalue weighted by molar-refractivity contribution is 6.33. The molecular weight excluding hydrogens is 468 g/mol. The van der Waals surface area contributed by atoms with Crippen molar-refractivity contribution in [3.8, 4) is 23.0 Å². The maximum Gasteiger partial charge on any atom is 0.322 e. The average molecular weight is 497 g/mol. The number of nitrogens with zero attached hydrogens (tertiary/aromatic N) is 1. The van der Waals surface area contributed by atoms with Gasteiger partial charge in [0.25, 0.3) is 0 Å². The van der Waals surface area contributed by atoms with E-state index in [4.69, 9.17) is 30.5 Å². The first-order valence-corrected chi connectivity index (χ1v) is 11.6. The van der Waals surface area contributed by atoms with Crippen LogP contribution in [0.3, 0.4) is 0 Å². The lowest BCUT2D eigenvalue weighted by molar-refractivity contribution is 0.181. The van der Waals surface area contributed by atoms with E-state index in [1.165, 1.54) is 0 Å². The maximum absolute atomic E-state index is 13.5. The molecule has 8 heteroatoms. The molecule has 0 aliphatic carbocycles. The molecule has 35 heavy (non-hydrogen) atoms. The monoisotopic (exact) mass is 496 g/mol. The Hall–Kier alpha value is -3.58. The van der Waals surface area contributed by atoms with Gasteiger partial charge in [-0.15, -0.1) is 0 Å². The van der Waals surface area contributed by atoms with Crippen LogP contribution in [0.25, 0.3) is 0 Å². The summed E-state index contributed by atoms with van der Waals surface area (Å²) in [6.45, 7) is 0.538. The summed E-state index contributed by atoms with van der Waals surface area (Å²) >= 11 is 6.30. The Labute approximate surface area is 210 Å². The minimum absolute atomic E-state index is 0.219. The second-order valence-electron chi connectivity index (χ2n) is 8.17. The van der Waals surface area contributed by atoms with Crippen molar-refractivity contribution in [3.63, 3.8) is 0 Å². The van der Waals surface area contributed by atoms with E-state index < -0.39 is 0 Å². The van der Waals surface area contributed by atoms with Crippen LogP contribution in [-0.2, 0) is 12.8 Å². The molecule has 3 aromatic rings. The van der Waals surface area contributed by atoms with Gasteiger partial charge in [0, 0.05) is 6.54 Å². The SMILES string of the molecule is COc1ccc(CC2c3cc(OC)c(OC)cc3CCN2C(=O)Nc2ccccc2Cl)cc1OC. The molecule has 1 unspecified atom stereocenters. The summed E-state index contributed by atoms with van der Waals surface area (Å²) in [6.07, 6.45) is 1.26. The first-order valence-electron chi connectivity index (χ1n) is 11.3. The number of carbonyl (C=O) groups is 1. The molecule has 1 atom stereocenters. The van der Waals surface area contributed by atoms with E-state index in [-0.39, 0.29) is 12.1 Å². The van der Waals surface area contributed by atoms with Gasteiger partial charge >= 0.3 is 6.03 Å². The van der Waals surface area contributed by atoms with Crippen molar-refractivity contribution in [2.45, 2.75) is 18.9 Å². The van der Waals surface area contributed by atoms with Crippen LogP contribution in [0.5, 0.6) is 23.0 Å². The molecule has 184 valence electrons. The average Bonchev–Trinajstić information content (AvgIpc) is 2.89. The van der Waals surface area contributed by atoms with Crippen LogP contribution in [0.4, 0.5) is 10.5 Å². The molecule has 1 aliphatic heterocycles. The molecule has 0 radical (unpaired) electrons. The van der Waals surface area contributed by atoms with Crippen molar-refractivity contribution < 1.29 is 23.7 Å². The van der Waals surface area contributed by atoms with Crippen LogP contribution >= 0.6 is 11.6 Å². The van der Waals surface area contributed by atoms with Crippen molar-refractivity contribution in [2.24, 2.45) is 0 Å². The lowest BCUT2D eigenvalue weighted by atomic mass is 9.88. The van der Waals surface area contributed by atoms with E-state index in [0.717, 1.165) is 16.7 Å². The number of anilines is 1. The van der Waals surface area contributed by atoms with Gasteiger partial charge in [0.1, 0.15) is 0 Å². The quantitative estimate of drug-likeness (QED) is 0.451. The summed E-state index contributed by atoms with van der Waals surface area (Å²) in [4.78, 5) is 15.3. The number of rotatable bonds is 7. The Kier molecular flexibility index (Phi) is 7.56. The summed E-state index contributed by atoms with van der Waals surface area (Å²) in [5.74, 6) is 2.59. The number of halogens is 1. The number of urea groups is 1. The third-order valence-electron chi connectivity index (χ3n) is 6.26. The fourth-order valence-corrected chi connectivity index (χ4v) is 4.65. The first kappa shape index (κ1) is 24.5. The normalized spacial score (nSPS) is 14.7. The van der Waals surface area contributed by atoms with Gasteiger partial charge in [-0.05, 0) is 65.9 Å². The number of ether oxygens (including phenoxy) is 4. The van der Waals surface area contributed by atoms with E-state index in [9.17, 15) is 4.79 Å². The summed E-state index contributed by atoms with van der Waals surface area (Å²) in [6, 6.07) is 16.5. The van der Waals surface area contributed by atoms with Gasteiger partial charge in [0.15, 0.2) is 23.0 Å². The standard InChI is InChI=1S/C27H29ClN2O5/c1-32-23-10-9-17(14-24(23)33-2)13-22-19-16-26(35-4)25(34-3)15-18(19)11-12-30(22)27(31)29-21-8-6-5-7-20(21)28/h5-10,14-16,22H,11-13H2,1-4H3,(H,29,31). The van der Waals surface area contributed by atoms with Crippen LogP contribution in [0, 0.1) is 0 Å². The molecular formula is C27H29ClN2O5. The van der Waals surface area contributed by atoms with E-state index in [1.807, 2.05) is 47.4 Å². The van der Waals surface area contributed by atoms with Crippen LogP contribution in [0.15, 0.2) is 54.6 Å². The van der Waals surface area contributed by atoms with Crippen LogP contribution < -0.4 is 24.3 Å². The third-order valence-corrected chi connectivity index (χ3v) is 6.59. The second kappa shape index (κ2) is 10.8. The van der Waals surface area contributed by atoms with Crippen molar-refractivity contribution in [1.29, 1.82) is 0 Å². The van der Waals surface area contributed by atoms with E-state index in [1.54, 1.807) is 40.6 Å². The largest absolute Gasteiger partial charge is 0.493 e. The highest BCUT2D eigenvalue weighted by Crippen LogP contribution is 2.40. The Morgan fingerprint density at radius 2 is 1.57 bits per heavy atom. The lowest BCUT2D eigenvalue weighted by Gasteiger charge is -2.38. The molecule has 0 bridgehead atoms. The number of amides is 2. The van der Waals surface area contributed by atoms with Gasteiger partial charge in [-0.1, -0.05) is 29.8 Å². The lowest BCUT2D eigenvalue weighted by Crippen LogP contribution is -2.43. The topological polar surface area (TPSA) is 69.3 Å². The molecule has 0 spiro atoms. The molecule has 3 aromatic carbocycles. The molecule has 4 rings (SSSR count). The number of fused-ring (bicyclic) bond motifs is 1. The minimum atomic E-state index is -0.251. The van der Waals surface area contributed by atoms with Gasteiger partial charge < -0.3 is 29.2 Å². The summed E-state index contributed by atoms with van der Waals surface area (Å²) in [5, 5.41) is 3.46. The number of para-hydroxylation sites is 1. The fraction of sp³-hybridized carbons (Fsp3) is 0.296. The van der Waals surface area contributed by atoms with Gasteiger partial charge in [-0.3, -0.25) is 0 Å². The number of benzene rings is 3. The van der Waals surface area contributed by atoms with Crippen molar-refractivity contribution in [3.05, 3.63) is 76.3 Å². The van der Waals surface area contributed by atoms with E-state index in [0.29, 0.717) is 53.1 Å². The van der Waals surface area contributed by atoms with E-state index >= 15 is 0 Å². The third kappa shape index (κ3) is 5.10. The Morgan fingerprint density at radius 3 is 2.26 bits per heavy atom. The zero-order valence-electron chi connectivity index (χ0n) is 20.3. The fourth-order valence-electron chi connectivity index (χ4n) is 4.47. The van der Waals surface area contributed by atoms with Crippen LogP contribution in [0.1, 0.15) is 22.7 Å². The molecule has 1 heterocycles. The highest BCUT2D eigenvalue weighted by Gasteiger charge is 2.33. The van der Waals surface area contributed by atoms with Crippen molar-refractivity contribution in [1.82, 2.24) is 4.90 Å². The van der Waals surface area contributed by atoms with Crippen molar-refractivity contribution >= 4 is 23.3 Å². The minimum Gasteiger partial charge on any atom is -0.493 e. The number of carbonyl (C=O) groups excluding carboxylic acids is 1. The molecule has 7 nitrogen and oxygen atoms in total. The van der Waals surface area contributed by atoms with Gasteiger partial charge in [0.05, 0.1) is 45.2 Å². The predicted octanol–water partition coefficient (Wildman–Crippen LogP) is 5.75. The summed E-state index contributed by atoms with van der Waals surface area (Å²) in [5.41, 5.74) is 3.71. The molecule has 0 aromatic heterocycles. The van der Waals surface area contributed by atoms with Gasteiger partial charge in [0.2, 0.25) is 0 Å². The Morgan fingerprint density at radius 1 is 0.914 bits per heavy atom. The predicted molar refractivity (Wildman–Crippen MR) is 136 cm³/mol. The number of hydrogen-bond donors (Lipinski definition) is 1. The molecule has 0 saturated heterocycles. The summed E-state index contributed by atoms with van der Waals surface area (Å²) < 4.78 is 22.0. The molecule has 1 N–H and O–H groups in total. The smallest absolute Gasteiger partial charge is 0.322 e. The second-order valence-corrected chi connectivity index (χ2v) is 8.58. The molecule has 1 aliphatic rings. The summed E-state index contributed by atoms with van der Waals surface area (Å²) in [7, 11) is 6.45. The Bertz CT molecular complexity index is 1220. The first-order chi connectivity index (χ1) is 17.0. The molecule has 0 fully saturated rings. The number of methoxy groups -OCH3 is 4. The zero-order chi connectivity index (χ0) is 24.9. The maximum atomic E-state index is 13.5. The Balaban J connectivity index is 1.73. The van der Waals surface area contributed by atoms with Gasteiger partial charge in [-0.25, -0.2) is 4.79 Å². The number of hydrogen-bond acceptors (Lipinski definition) is 5. The van der Waals surface area contributed by atoms with Crippen LogP contribution in [0.2, 0.25) is 5.02 Å². The molecule has 2 amide bonds.